The van der Waals surface area contributed by atoms with Crippen LogP contribution in [0.25, 0.3) is 11.0 Å². The minimum atomic E-state index is -0.520. The van der Waals surface area contributed by atoms with Crippen molar-refractivity contribution in [3.8, 4) is 17.6 Å². The number of hydrogen-bond donors (Lipinski definition) is 1. The zero-order valence-corrected chi connectivity index (χ0v) is 41.1. The summed E-state index contributed by atoms with van der Waals surface area (Å²) in [5, 5.41) is 12.5. The molecule has 0 saturated carbocycles. The van der Waals surface area contributed by atoms with Gasteiger partial charge in [-0.25, -0.2) is 9.18 Å². The highest BCUT2D eigenvalue weighted by Crippen LogP contribution is 2.33. The maximum Gasteiger partial charge on any atom is 0.407 e. The molecule has 3 heterocycles. The summed E-state index contributed by atoms with van der Waals surface area (Å²) in [6, 6.07) is 17.8. The SMILES string of the molecule is CC(C)(C)OC(=O)NCCN1C[C@@H]2CN(CCOc3ccc(C#N)cc3F)C[C@H](C1)O2.CCCCc1oc2ccccc2c1C(=O)c1cc(I)c(OCCN(CC)CC)c(I)c1. The van der Waals surface area contributed by atoms with Crippen molar-refractivity contribution in [2.75, 3.05) is 78.7 Å². The van der Waals surface area contributed by atoms with E-state index < -0.39 is 17.5 Å². The highest BCUT2D eigenvalue weighted by Gasteiger charge is 2.34. The average molecular weight is 1080 g/mol. The normalized spacial score (nSPS) is 16.7. The standard InChI is InChI=1S/C25H29I2NO3.C22H31FN4O4/c1-4-7-11-22-23(18-10-8-9-12-21(18)31-22)24(29)17-15-19(26)25(20(27)16-17)30-14-13-28(5-2)6-3;1-22(2,3)31-21(28)25-6-7-26-12-17-14-27(15-18(13-26)30-17)8-9-29-20-5-4-16(11-24)10-19(20)23/h8-10,12,15-16H,4-7,11,13-14H2,1-3H3;4-5,10,17-18H,6-9,12-15H2,1-3H3,(H,25,28)/t;17-,18+. The maximum atomic E-state index is 13.9. The number of fused-ring (bicyclic) bond motifs is 3. The number of nitrogens with zero attached hydrogens (tertiary/aromatic N) is 4. The molecule has 0 aliphatic carbocycles. The van der Waals surface area contributed by atoms with E-state index in [1.54, 1.807) is 6.07 Å². The summed E-state index contributed by atoms with van der Waals surface area (Å²) < 4.78 is 44.9. The van der Waals surface area contributed by atoms with Crippen LogP contribution in [0.1, 0.15) is 81.6 Å². The summed E-state index contributed by atoms with van der Waals surface area (Å²) in [5.41, 5.74) is 1.92. The first-order valence-corrected chi connectivity index (χ1v) is 23.7. The summed E-state index contributed by atoms with van der Waals surface area (Å²) in [6.07, 6.45) is 2.62. The van der Waals surface area contributed by atoms with Crippen LogP contribution in [0, 0.1) is 24.3 Å². The summed E-state index contributed by atoms with van der Waals surface area (Å²) >= 11 is 4.54. The fraction of sp³-hybridized carbons (Fsp3) is 0.511. The number of rotatable bonds is 18. The van der Waals surface area contributed by atoms with E-state index in [4.69, 9.17) is 28.6 Å². The molecule has 0 spiro atoms. The minimum absolute atomic E-state index is 0.0153. The van der Waals surface area contributed by atoms with Gasteiger partial charge in [0.15, 0.2) is 17.3 Å². The summed E-state index contributed by atoms with van der Waals surface area (Å²) in [5.74, 6) is 1.30. The Bertz CT molecular complexity index is 2110. The summed E-state index contributed by atoms with van der Waals surface area (Å²) in [7, 11) is 0. The molecule has 2 atom stereocenters. The maximum absolute atomic E-state index is 13.9. The average Bonchev–Trinajstić information content (AvgIpc) is 3.60. The number of amides is 1. The molecular weight excluding hydrogens is 1020 g/mol. The van der Waals surface area contributed by atoms with Gasteiger partial charge in [-0.2, -0.15) is 5.26 Å². The first-order chi connectivity index (χ1) is 29.7. The highest BCUT2D eigenvalue weighted by atomic mass is 127. The molecule has 2 bridgehead atoms. The quantitative estimate of drug-likeness (QED) is 0.0758. The molecule has 6 rings (SSSR count). The number of aryl methyl sites for hydroxylation is 1. The number of nitrogens with one attached hydrogen (secondary N) is 1. The number of alkyl carbamates (subject to hydrolysis) is 1. The lowest BCUT2D eigenvalue weighted by Gasteiger charge is -2.45. The molecule has 336 valence electrons. The van der Waals surface area contributed by atoms with Crippen LogP contribution < -0.4 is 14.8 Å². The van der Waals surface area contributed by atoms with E-state index in [0.29, 0.717) is 37.4 Å². The molecule has 2 aliphatic heterocycles. The van der Waals surface area contributed by atoms with Crippen molar-refractivity contribution in [1.29, 1.82) is 5.26 Å². The van der Waals surface area contributed by atoms with E-state index in [1.807, 2.05) is 63.2 Å². The van der Waals surface area contributed by atoms with Gasteiger partial charge in [0.2, 0.25) is 0 Å². The van der Waals surface area contributed by atoms with Crippen molar-refractivity contribution in [2.24, 2.45) is 0 Å². The van der Waals surface area contributed by atoms with Crippen molar-refractivity contribution in [3.63, 3.8) is 0 Å². The van der Waals surface area contributed by atoms with Crippen LogP contribution in [0.5, 0.6) is 11.5 Å². The van der Waals surface area contributed by atoms with E-state index in [0.717, 1.165) is 101 Å². The third-order valence-electron chi connectivity index (χ3n) is 10.5. The van der Waals surface area contributed by atoms with Gasteiger partial charge in [0, 0.05) is 69.7 Å². The molecule has 12 nitrogen and oxygen atoms in total. The topological polar surface area (TPSA) is 130 Å². The second kappa shape index (κ2) is 23.9. The Morgan fingerprint density at radius 1 is 0.935 bits per heavy atom. The molecule has 15 heteroatoms. The van der Waals surface area contributed by atoms with Crippen LogP contribution in [0.2, 0.25) is 0 Å². The third-order valence-corrected chi connectivity index (χ3v) is 12.1. The number of halogens is 3. The van der Waals surface area contributed by atoms with Gasteiger partial charge in [-0.3, -0.25) is 14.6 Å². The molecule has 3 aromatic carbocycles. The highest BCUT2D eigenvalue weighted by molar-refractivity contribution is 14.1. The first-order valence-electron chi connectivity index (χ1n) is 21.5. The van der Waals surface area contributed by atoms with Crippen LogP contribution in [0.3, 0.4) is 0 Å². The molecule has 2 saturated heterocycles. The molecule has 4 aromatic rings. The van der Waals surface area contributed by atoms with E-state index in [1.165, 1.54) is 12.1 Å². The number of benzene rings is 3. The lowest BCUT2D eigenvalue weighted by atomic mass is 9.98. The van der Waals surface area contributed by atoms with Crippen molar-refractivity contribution >= 4 is 68.0 Å². The number of morpholine rings is 2. The number of nitriles is 1. The predicted molar refractivity (Wildman–Crippen MR) is 256 cm³/mol. The van der Waals surface area contributed by atoms with Gasteiger partial charge in [0.1, 0.15) is 35.9 Å². The van der Waals surface area contributed by atoms with Crippen LogP contribution in [0.15, 0.2) is 59.0 Å². The molecule has 1 aromatic heterocycles. The number of carbonyl (C=O) groups excluding carboxylic acids is 2. The van der Waals surface area contributed by atoms with E-state index >= 15 is 0 Å². The molecule has 1 N–H and O–H groups in total. The molecule has 2 aliphatic rings. The Morgan fingerprint density at radius 2 is 1.60 bits per heavy atom. The monoisotopic (exact) mass is 1080 g/mol. The molecule has 1 amide bonds. The number of carbonyl (C=O) groups is 2. The Morgan fingerprint density at radius 3 is 2.21 bits per heavy atom. The summed E-state index contributed by atoms with van der Waals surface area (Å²) in [6.45, 7) is 21.0. The van der Waals surface area contributed by atoms with Crippen LogP contribution in [0.4, 0.5) is 9.18 Å². The second-order valence-corrected chi connectivity index (χ2v) is 18.7. The Hall–Kier alpha value is -3.54. The van der Waals surface area contributed by atoms with Gasteiger partial charge in [-0.15, -0.1) is 0 Å². The zero-order chi connectivity index (χ0) is 44.8. The molecular formula is C47H60FI2N5O7. The fourth-order valence-corrected chi connectivity index (χ4v) is 9.56. The van der Waals surface area contributed by atoms with Gasteiger partial charge in [-0.1, -0.05) is 45.4 Å². The van der Waals surface area contributed by atoms with Gasteiger partial charge in [0.25, 0.3) is 0 Å². The van der Waals surface area contributed by atoms with Gasteiger partial charge in [0.05, 0.1) is 36.5 Å². The number of furan rings is 1. The molecule has 0 unspecified atom stereocenters. The van der Waals surface area contributed by atoms with Gasteiger partial charge >= 0.3 is 6.09 Å². The van der Waals surface area contributed by atoms with E-state index in [2.05, 4.69) is 86.0 Å². The minimum Gasteiger partial charge on any atom is -0.490 e. The molecule has 62 heavy (non-hydrogen) atoms. The lowest BCUT2D eigenvalue weighted by Crippen LogP contribution is -2.60. The number of para-hydroxylation sites is 1. The Labute approximate surface area is 393 Å². The van der Waals surface area contributed by atoms with Gasteiger partial charge in [-0.05, 0) is 122 Å². The van der Waals surface area contributed by atoms with Crippen LogP contribution in [-0.2, 0) is 15.9 Å². The number of likely N-dealkylation sites (N-methyl/N-ethyl adjacent to an activating group) is 1. The number of unbranched alkanes of at least 4 members (excludes halogenated alkanes) is 1. The Balaban J connectivity index is 0.000000234. The lowest BCUT2D eigenvalue weighted by molar-refractivity contribution is -0.139. The first kappa shape index (κ1) is 49.5. The van der Waals surface area contributed by atoms with Crippen molar-refractivity contribution < 1.29 is 37.3 Å². The van der Waals surface area contributed by atoms with Crippen molar-refractivity contribution in [3.05, 3.63) is 90.0 Å². The molecule has 2 fully saturated rings. The zero-order valence-electron chi connectivity index (χ0n) is 36.7. The van der Waals surface area contributed by atoms with Crippen LogP contribution >= 0.6 is 45.2 Å². The number of ether oxygens (including phenoxy) is 4. The largest absolute Gasteiger partial charge is 0.490 e. The Kier molecular flexibility index (Phi) is 19.1. The van der Waals surface area contributed by atoms with E-state index in [9.17, 15) is 14.0 Å². The summed E-state index contributed by atoms with van der Waals surface area (Å²) in [4.78, 5) is 32.3. The van der Waals surface area contributed by atoms with E-state index in [-0.39, 0.29) is 29.3 Å². The number of hydrogen-bond acceptors (Lipinski definition) is 11. The van der Waals surface area contributed by atoms with Crippen LogP contribution in [-0.4, -0.2) is 123 Å². The fourth-order valence-electron chi connectivity index (χ4n) is 7.48. The number of ketones is 1. The van der Waals surface area contributed by atoms with Crippen molar-refractivity contribution in [1.82, 2.24) is 20.0 Å². The molecule has 0 radical (unpaired) electrons. The van der Waals surface area contributed by atoms with Crippen molar-refractivity contribution in [2.45, 2.75) is 78.6 Å². The third kappa shape index (κ3) is 14.5. The predicted octanol–water partition coefficient (Wildman–Crippen LogP) is 8.92. The van der Waals surface area contributed by atoms with Gasteiger partial charge < -0.3 is 33.6 Å². The second-order valence-electron chi connectivity index (χ2n) is 16.4. The smallest absolute Gasteiger partial charge is 0.407 e.